The van der Waals surface area contributed by atoms with E-state index in [1.165, 1.54) is 0 Å². The van der Waals surface area contributed by atoms with Crippen molar-refractivity contribution in [2.24, 2.45) is 5.92 Å². The van der Waals surface area contributed by atoms with Crippen LogP contribution in [-0.4, -0.2) is 41.4 Å². The Labute approximate surface area is 94.4 Å². The Morgan fingerprint density at radius 1 is 1.25 bits per heavy atom. The fourth-order valence-electron chi connectivity index (χ4n) is 1.92. The van der Waals surface area contributed by atoms with E-state index in [0.717, 1.165) is 19.3 Å². The topological polar surface area (TPSA) is 23.5 Å². The molecule has 0 bridgehead atoms. The van der Waals surface area contributed by atoms with Gasteiger partial charge in [0.1, 0.15) is 0 Å². The van der Waals surface area contributed by atoms with Crippen LogP contribution in [0.5, 0.6) is 0 Å². The SMILES string of the molecule is CC(C)CN(CC(O)C(F)(F)F)C1CCC1. The van der Waals surface area contributed by atoms with Crippen molar-refractivity contribution in [1.29, 1.82) is 0 Å². The predicted molar refractivity (Wildman–Crippen MR) is 56.1 cm³/mol. The molecule has 2 nitrogen and oxygen atoms in total. The first-order chi connectivity index (χ1) is 7.30. The molecule has 1 rings (SSSR count). The normalized spacial score (nSPS) is 20.2. The first-order valence-electron chi connectivity index (χ1n) is 5.79. The van der Waals surface area contributed by atoms with Gasteiger partial charge in [-0.05, 0) is 18.8 Å². The van der Waals surface area contributed by atoms with E-state index in [9.17, 15) is 13.2 Å². The summed E-state index contributed by atoms with van der Waals surface area (Å²) < 4.78 is 36.8. The van der Waals surface area contributed by atoms with E-state index in [2.05, 4.69) is 0 Å². The average Bonchev–Trinajstić information content (AvgIpc) is 1.96. The van der Waals surface area contributed by atoms with Gasteiger partial charge in [0, 0.05) is 19.1 Å². The number of hydrogen-bond donors (Lipinski definition) is 1. The van der Waals surface area contributed by atoms with Crippen LogP contribution in [0.2, 0.25) is 0 Å². The van der Waals surface area contributed by atoms with E-state index in [0.29, 0.717) is 12.5 Å². The number of alkyl halides is 3. The molecule has 1 N–H and O–H groups in total. The molecule has 1 saturated carbocycles. The van der Waals surface area contributed by atoms with Gasteiger partial charge in [-0.15, -0.1) is 0 Å². The highest BCUT2D eigenvalue weighted by Gasteiger charge is 2.40. The zero-order valence-electron chi connectivity index (χ0n) is 9.80. The van der Waals surface area contributed by atoms with E-state index in [-0.39, 0.29) is 12.6 Å². The molecule has 5 heteroatoms. The number of halogens is 3. The van der Waals surface area contributed by atoms with Crippen LogP contribution in [0, 0.1) is 5.92 Å². The summed E-state index contributed by atoms with van der Waals surface area (Å²) in [6, 6.07) is 0.236. The summed E-state index contributed by atoms with van der Waals surface area (Å²) in [6.45, 7) is 4.29. The molecule has 1 aliphatic carbocycles. The van der Waals surface area contributed by atoms with Gasteiger partial charge >= 0.3 is 6.18 Å². The second-order valence-corrected chi connectivity index (χ2v) is 4.99. The smallest absolute Gasteiger partial charge is 0.382 e. The van der Waals surface area contributed by atoms with E-state index in [1.54, 1.807) is 4.90 Å². The summed E-state index contributed by atoms with van der Waals surface area (Å²) in [6.07, 6.45) is -3.72. The number of hydrogen-bond acceptors (Lipinski definition) is 2. The zero-order valence-corrected chi connectivity index (χ0v) is 9.80. The zero-order chi connectivity index (χ0) is 12.3. The molecular formula is C11H20F3NO. The third kappa shape index (κ3) is 3.94. The highest BCUT2D eigenvalue weighted by Crippen LogP contribution is 2.28. The maximum atomic E-state index is 12.3. The number of aliphatic hydroxyl groups excluding tert-OH is 1. The van der Waals surface area contributed by atoms with E-state index < -0.39 is 12.3 Å². The van der Waals surface area contributed by atoms with Gasteiger partial charge in [-0.1, -0.05) is 20.3 Å². The van der Waals surface area contributed by atoms with Crippen molar-refractivity contribution >= 4 is 0 Å². The molecule has 0 spiro atoms. The molecule has 0 heterocycles. The second kappa shape index (κ2) is 5.36. The minimum absolute atomic E-state index is 0.236. The fraction of sp³-hybridized carbons (Fsp3) is 1.00. The van der Waals surface area contributed by atoms with E-state index >= 15 is 0 Å². The molecule has 96 valence electrons. The summed E-state index contributed by atoms with van der Waals surface area (Å²) >= 11 is 0. The van der Waals surface area contributed by atoms with Crippen LogP contribution in [0.25, 0.3) is 0 Å². The minimum atomic E-state index is -4.50. The highest BCUT2D eigenvalue weighted by atomic mass is 19.4. The third-order valence-electron chi connectivity index (χ3n) is 2.98. The van der Waals surface area contributed by atoms with Crippen LogP contribution < -0.4 is 0 Å². The van der Waals surface area contributed by atoms with Crippen LogP contribution >= 0.6 is 0 Å². The molecule has 1 fully saturated rings. The Kier molecular flexibility index (Phi) is 4.62. The van der Waals surface area contributed by atoms with Crippen molar-refractivity contribution in [1.82, 2.24) is 4.90 Å². The maximum Gasteiger partial charge on any atom is 0.415 e. The van der Waals surface area contributed by atoms with Gasteiger partial charge < -0.3 is 5.11 Å². The van der Waals surface area contributed by atoms with Gasteiger partial charge in [0.25, 0.3) is 0 Å². The maximum absolute atomic E-state index is 12.3. The highest BCUT2D eigenvalue weighted by molar-refractivity contribution is 4.83. The molecule has 0 aromatic rings. The van der Waals surface area contributed by atoms with Crippen LogP contribution in [0.15, 0.2) is 0 Å². The Balaban J connectivity index is 2.49. The number of aliphatic hydroxyl groups is 1. The Morgan fingerprint density at radius 3 is 2.12 bits per heavy atom. The predicted octanol–water partition coefficient (Wildman–Crippen LogP) is 2.42. The van der Waals surface area contributed by atoms with Crippen LogP contribution in [-0.2, 0) is 0 Å². The standard InChI is InChI=1S/C11H20F3NO/c1-8(2)6-15(9-4-3-5-9)7-10(16)11(12,13)14/h8-10,16H,3-7H2,1-2H3. The largest absolute Gasteiger partial charge is 0.415 e. The van der Waals surface area contributed by atoms with Gasteiger partial charge in [0.2, 0.25) is 0 Å². The molecule has 0 aromatic carbocycles. The average molecular weight is 239 g/mol. The Morgan fingerprint density at radius 2 is 1.81 bits per heavy atom. The number of rotatable bonds is 5. The summed E-state index contributed by atoms with van der Waals surface area (Å²) in [5.74, 6) is 0.320. The second-order valence-electron chi connectivity index (χ2n) is 4.99. The molecule has 1 unspecified atom stereocenters. The Bertz CT molecular complexity index is 214. The summed E-state index contributed by atoms with van der Waals surface area (Å²) in [7, 11) is 0. The first-order valence-corrected chi connectivity index (χ1v) is 5.79. The van der Waals surface area contributed by atoms with Crippen molar-refractivity contribution in [3.05, 3.63) is 0 Å². The van der Waals surface area contributed by atoms with E-state index in [1.807, 2.05) is 13.8 Å². The molecule has 0 aromatic heterocycles. The van der Waals surface area contributed by atoms with Crippen LogP contribution in [0.4, 0.5) is 13.2 Å². The third-order valence-corrected chi connectivity index (χ3v) is 2.98. The van der Waals surface area contributed by atoms with E-state index in [4.69, 9.17) is 5.11 Å². The monoisotopic (exact) mass is 239 g/mol. The van der Waals surface area contributed by atoms with Gasteiger partial charge in [-0.25, -0.2) is 0 Å². The molecule has 16 heavy (non-hydrogen) atoms. The van der Waals surface area contributed by atoms with Gasteiger partial charge in [0.15, 0.2) is 6.10 Å². The lowest BCUT2D eigenvalue weighted by molar-refractivity contribution is -0.210. The lowest BCUT2D eigenvalue weighted by atomic mass is 9.90. The first kappa shape index (κ1) is 13.8. The van der Waals surface area contributed by atoms with Crippen LogP contribution in [0.1, 0.15) is 33.1 Å². The van der Waals surface area contributed by atoms with Crippen molar-refractivity contribution in [2.75, 3.05) is 13.1 Å². The summed E-state index contributed by atoms with van der Waals surface area (Å²) in [5.41, 5.74) is 0. The van der Waals surface area contributed by atoms with Crippen molar-refractivity contribution < 1.29 is 18.3 Å². The summed E-state index contributed by atoms with van der Waals surface area (Å²) in [4.78, 5) is 1.78. The van der Waals surface area contributed by atoms with Crippen molar-refractivity contribution in [3.63, 3.8) is 0 Å². The lowest BCUT2D eigenvalue weighted by Gasteiger charge is -2.39. The van der Waals surface area contributed by atoms with Gasteiger partial charge in [0.05, 0.1) is 0 Å². The van der Waals surface area contributed by atoms with Crippen molar-refractivity contribution in [3.8, 4) is 0 Å². The molecular weight excluding hydrogens is 219 g/mol. The molecule has 0 aliphatic heterocycles. The van der Waals surface area contributed by atoms with Gasteiger partial charge in [-0.2, -0.15) is 13.2 Å². The molecule has 0 radical (unpaired) electrons. The molecule has 0 amide bonds. The quantitative estimate of drug-likeness (QED) is 0.796. The number of nitrogens with zero attached hydrogens (tertiary/aromatic N) is 1. The van der Waals surface area contributed by atoms with Crippen molar-refractivity contribution in [2.45, 2.75) is 51.4 Å². The molecule has 1 atom stereocenters. The molecule has 0 saturated heterocycles. The minimum Gasteiger partial charge on any atom is -0.382 e. The molecule has 1 aliphatic rings. The lowest BCUT2D eigenvalue weighted by Crippen LogP contribution is -2.49. The summed E-state index contributed by atoms with van der Waals surface area (Å²) in [5, 5.41) is 9.07. The van der Waals surface area contributed by atoms with Crippen LogP contribution in [0.3, 0.4) is 0 Å². The Hall–Kier alpha value is -0.290. The fourth-order valence-corrected chi connectivity index (χ4v) is 1.92. The van der Waals surface area contributed by atoms with Gasteiger partial charge in [-0.3, -0.25) is 4.90 Å².